The van der Waals surface area contributed by atoms with E-state index >= 15 is 0 Å². The fraction of sp³-hybridized carbons (Fsp3) is 0.562. The average molecular weight is 331 g/mol. The molecule has 0 radical (unpaired) electrons. The molecule has 128 valence electrons. The predicted octanol–water partition coefficient (Wildman–Crippen LogP) is -0.140. The lowest BCUT2D eigenvalue weighted by Gasteiger charge is -2.35. The first-order valence-corrected chi connectivity index (χ1v) is 8.30. The van der Waals surface area contributed by atoms with E-state index in [0.717, 1.165) is 43.6 Å². The van der Waals surface area contributed by atoms with Crippen molar-refractivity contribution in [2.24, 2.45) is 0 Å². The van der Waals surface area contributed by atoms with Crippen molar-refractivity contribution in [1.29, 1.82) is 0 Å². The number of nitrogens with one attached hydrogen (secondary N) is 1. The van der Waals surface area contributed by atoms with Crippen molar-refractivity contribution in [1.82, 2.24) is 19.9 Å². The van der Waals surface area contributed by atoms with Gasteiger partial charge in [-0.3, -0.25) is 4.79 Å². The Balaban J connectivity index is 1.46. The van der Waals surface area contributed by atoms with Crippen LogP contribution in [-0.2, 0) is 4.74 Å². The number of aromatic nitrogens is 3. The Hall–Kier alpha value is -2.03. The smallest absolute Gasteiger partial charge is 0.178 e. The van der Waals surface area contributed by atoms with Crippen molar-refractivity contribution in [3.05, 3.63) is 24.2 Å². The van der Waals surface area contributed by atoms with Gasteiger partial charge in [-0.2, -0.15) is 5.10 Å². The van der Waals surface area contributed by atoms with E-state index in [0.29, 0.717) is 24.8 Å². The summed E-state index contributed by atoms with van der Waals surface area (Å²) in [7, 11) is 0. The van der Waals surface area contributed by atoms with Crippen molar-refractivity contribution < 1.29 is 14.6 Å². The molecular weight excluding hydrogens is 310 g/mol. The lowest BCUT2D eigenvalue weighted by molar-refractivity contribution is 0.112. The molecule has 0 spiro atoms. The molecule has 0 aromatic carbocycles. The quantitative estimate of drug-likeness (QED) is 0.753. The number of hydrogen-bond acceptors (Lipinski definition) is 7. The molecule has 24 heavy (non-hydrogen) atoms. The first kappa shape index (κ1) is 15.5. The van der Waals surface area contributed by atoms with Crippen LogP contribution in [0.25, 0.3) is 5.65 Å². The second-order valence-corrected chi connectivity index (χ2v) is 6.44. The highest BCUT2D eigenvalue weighted by atomic mass is 16.5. The van der Waals surface area contributed by atoms with Gasteiger partial charge in [0.25, 0.3) is 0 Å². The number of aldehydes is 1. The van der Waals surface area contributed by atoms with Crippen LogP contribution < -0.4 is 10.2 Å². The molecule has 8 heteroatoms. The number of piperidine rings is 1. The molecule has 2 unspecified atom stereocenters. The third-order valence-corrected chi connectivity index (χ3v) is 4.85. The van der Waals surface area contributed by atoms with Crippen molar-refractivity contribution in [2.75, 3.05) is 31.2 Å². The van der Waals surface area contributed by atoms with Crippen molar-refractivity contribution in [2.45, 2.75) is 31.0 Å². The second-order valence-electron chi connectivity index (χ2n) is 6.44. The molecule has 2 aromatic rings. The number of fused-ring (bicyclic) bond motifs is 1. The summed E-state index contributed by atoms with van der Waals surface area (Å²) < 4.78 is 6.94. The van der Waals surface area contributed by atoms with Crippen LogP contribution in [0, 0.1) is 0 Å². The molecule has 2 fully saturated rings. The minimum Gasteiger partial charge on any atom is -0.389 e. The molecule has 2 saturated heterocycles. The Bertz CT molecular complexity index is 726. The number of hydrogen-bond donors (Lipinski definition) is 2. The van der Waals surface area contributed by atoms with Crippen LogP contribution in [0.5, 0.6) is 0 Å². The molecule has 2 N–H and O–H groups in total. The summed E-state index contributed by atoms with van der Waals surface area (Å²) in [4.78, 5) is 17.7. The van der Waals surface area contributed by atoms with Crippen LogP contribution in [0.15, 0.2) is 18.6 Å². The van der Waals surface area contributed by atoms with Crippen LogP contribution in [0.1, 0.15) is 23.2 Å². The highest BCUT2D eigenvalue weighted by molar-refractivity contribution is 5.81. The fourth-order valence-electron chi connectivity index (χ4n) is 3.52. The van der Waals surface area contributed by atoms with Crippen LogP contribution in [0.4, 0.5) is 5.69 Å². The number of carbonyl (C=O) groups is 1. The Labute approximate surface area is 139 Å². The highest BCUT2D eigenvalue weighted by Gasteiger charge is 2.30. The SMILES string of the molecule is O=Cc1cc(N2CCC(NC3COCC3O)CC2)c2ncnn2c1. The van der Waals surface area contributed by atoms with E-state index in [1.54, 1.807) is 10.7 Å². The molecule has 2 atom stereocenters. The van der Waals surface area contributed by atoms with E-state index < -0.39 is 6.10 Å². The lowest BCUT2D eigenvalue weighted by atomic mass is 10.0. The number of anilines is 1. The van der Waals surface area contributed by atoms with E-state index in [1.165, 1.54) is 6.33 Å². The van der Waals surface area contributed by atoms with E-state index in [1.807, 2.05) is 6.07 Å². The zero-order valence-corrected chi connectivity index (χ0v) is 13.3. The van der Waals surface area contributed by atoms with Crippen molar-refractivity contribution >= 4 is 17.6 Å². The van der Waals surface area contributed by atoms with Gasteiger partial charge in [0, 0.05) is 30.9 Å². The number of nitrogens with zero attached hydrogens (tertiary/aromatic N) is 4. The monoisotopic (exact) mass is 331 g/mol. The maximum absolute atomic E-state index is 11.2. The van der Waals surface area contributed by atoms with Gasteiger partial charge < -0.3 is 20.1 Å². The van der Waals surface area contributed by atoms with Crippen LogP contribution in [0.3, 0.4) is 0 Å². The van der Waals surface area contributed by atoms with E-state index in [9.17, 15) is 9.90 Å². The van der Waals surface area contributed by atoms with Gasteiger partial charge in [-0.25, -0.2) is 9.50 Å². The van der Waals surface area contributed by atoms with Gasteiger partial charge in [-0.15, -0.1) is 0 Å². The average Bonchev–Trinajstić information content (AvgIpc) is 3.24. The summed E-state index contributed by atoms with van der Waals surface area (Å²) in [5.74, 6) is 0. The largest absolute Gasteiger partial charge is 0.389 e. The molecular formula is C16H21N5O3. The van der Waals surface area contributed by atoms with Gasteiger partial charge in [0.15, 0.2) is 11.9 Å². The molecule has 2 aromatic heterocycles. The first-order valence-electron chi connectivity index (χ1n) is 8.30. The number of carbonyl (C=O) groups excluding carboxylic acids is 1. The fourth-order valence-corrected chi connectivity index (χ4v) is 3.52. The number of aliphatic hydroxyl groups excluding tert-OH is 1. The van der Waals surface area contributed by atoms with Gasteiger partial charge in [-0.1, -0.05) is 0 Å². The summed E-state index contributed by atoms with van der Waals surface area (Å²) in [5.41, 5.74) is 2.31. The van der Waals surface area contributed by atoms with Gasteiger partial charge >= 0.3 is 0 Å². The normalized spacial score (nSPS) is 25.5. The number of pyridine rings is 1. The Kier molecular flexibility index (Phi) is 4.17. The second kappa shape index (κ2) is 6.46. The van der Waals surface area contributed by atoms with Crippen LogP contribution >= 0.6 is 0 Å². The molecule has 0 amide bonds. The van der Waals surface area contributed by atoms with Gasteiger partial charge in [0.05, 0.1) is 31.0 Å². The topological polar surface area (TPSA) is 92.0 Å². The molecule has 4 rings (SSSR count). The molecule has 2 aliphatic rings. The Morgan fingerprint density at radius 3 is 2.88 bits per heavy atom. The molecule has 0 bridgehead atoms. The zero-order chi connectivity index (χ0) is 16.5. The number of aliphatic hydroxyl groups is 1. The molecule has 8 nitrogen and oxygen atoms in total. The summed E-state index contributed by atoms with van der Waals surface area (Å²) >= 11 is 0. The summed E-state index contributed by atoms with van der Waals surface area (Å²) in [6.07, 6.45) is 5.55. The van der Waals surface area contributed by atoms with Crippen LogP contribution in [0.2, 0.25) is 0 Å². The number of ether oxygens (including phenoxy) is 1. The van der Waals surface area contributed by atoms with Gasteiger partial charge in [-0.05, 0) is 18.9 Å². The molecule has 0 saturated carbocycles. The third-order valence-electron chi connectivity index (χ3n) is 4.85. The first-order chi connectivity index (χ1) is 11.7. The predicted molar refractivity (Wildman–Crippen MR) is 87.4 cm³/mol. The highest BCUT2D eigenvalue weighted by Crippen LogP contribution is 2.25. The zero-order valence-electron chi connectivity index (χ0n) is 13.3. The summed E-state index contributed by atoms with van der Waals surface area (Å²) in [6.45, 7) is 2.72. The lowest BCUT2D eigenvalue weighted by Crippen LogP contribution is -2.49. The minimum atomic E-state index is -0.414. The summed E-state index contributed by atoms with van der Waals surface area (Å²) in [6, 6.07) is 2.27. The van der Waals surface area contributed by atoms with Crippen molar-refractivity contribution in [3.8, 4) is 0 Å². The number of rotatable bonds is 4. The molecule has 0 aliphatic carbocycles. The maximum Gasteiger partial charge on any atom is 0.178 e. The molecule has 4 heterocycles. The summed E-state index contributed by atoms with van der Waals surface area (Å²) in [5, 5.41) is 17.5. The molecule has 2 aliphatic heterocycles. The van der Waals surface area contributed by atoms with Gasteiger partial charge in [0.1, 0.15) is 6.33 Å². The Morgan fingerprint density at radius 1 is 1.33 bits per heavy atom. The van der Waals surface area contributed by atoms with Crippen molar-refractivity contribution in [3.63, 3.8) is 0 Å². The maximum atomic E-state index is 11.2. The van der Waals surface area contributed by atoms with E-state index in [-0.39, 0.29) is 6.04 Å². The Morgan fingerprint density at radius 2 is 2.17 bits per heavy atom. The standard InChI is InChI=1S/C16H21N5O3/c22-7-11-5-14(16-17-10-18-21(16)6-11)20-3-1-12(2-4-20)19-13-8-24-9-15(13)23/h5-7,10,12-13,15,19,23H,1-4,8-9H2. The third kappa shape index (κ3) is 2.88. The minimum absolute atomic E-state index is 0.0307. The van der Waals surface area contributed by atoms with E-state index in [4.69, 9.17) is 4.74 Å². The van der Waals surface area contributed by atoms with Crippen LogP contribution in [-0.4, -0.2) is 70.5 Å². The van der Waals surface area contributed by atoms with E-state index in [2.05, 4.69) is 20.3 Å². The van der Waals surface area contributed by atoms with Gasteiger partial charge in [0.2, 0.25) is 0 Å².